The molecule has 0 aliphatic carbocycles. The zero-order valence-electron chi connectivity index (χ0n) is 12.4. The zero-order chi connectivity index (χ0) is 17.3. The Hall–Kier alpha value is -2.99. The van der Waals surface area contributed by atoms with E-state index in [-0.39, 0.29) is 28.9 Å². The van der Waals surface area contributed by atoms with Crippen molar-refractivity contribution in [1.82, 2.24) is 0 Å². The second kappa shape index (κ2) is 6.25. The van der Waals surface area contributed by atoms with Gasteiger partial charge in [-0.3, -0.25) is 4.79 Å². The first-order chi connectivity index (χ1) is 11.5. The summed E-state index contributed by atoms with van der Waals surface area (Å²) in [5.41, 5.74) is -0.298. The summed E-state index contributed by atoms with van der Waals surface area (Å²) < 4.78 is 0.950. The first-order valence-electron chi connectivity index (χ1n) is 7.07. The monoisotopic (exact) mass is 340 g/mol. The number of carbonyl (C=O) groups is 3. The molecule has 0 unspecified atom stereocenters. The fraction of sp³-hybridized carbons (Fsp3) is 0.0556. The van der Waals surface area contributed by atoms with Crippen LogP contribution in [0.15, 0.2) is 48.5 Å². The molecule has 3 rings (SSSR count). The summed E-state index contributed by atoms with van der Waals surface area (Å²) in [5, 5.41) is 19.5. The highest BCUT2D eigenvalue weighted by atomic mass is 32.1. The van der Waals surface area contributed by atoms with Gasteiger partial charge in [0.05, 0.1) is 16.0 Å². The summed E-state index contributed by atoms with van der Waals surface area (Å²) in [5.74, 6) is -2.80. The molecule has 0 atom stereocenters. The summed E-state index contributed by atoms with van der Waals surface area (Å²) in [7, 11) is 0. The Labute approximate surface area is 140 Å². The van der Waals surface area contributed by atoms with Crippen molar-refractivity contribution >= 4 is 39.1 Å². The summed E-state index contributed by atoms with van der Waals surface area (Å²) in [6.07, 6.45) is -0.267. The maximum Gasteiger partial charge on any atom is 0.336 e. The maximum atomic E-state index is 12.6. The van der Waals surface area contributed by atoms with Gasteiger partial charge in [-0.1, -0.05) is 24.3 Å². The third kappa shape index (κ3) is 2.91. The van der Waals surface area contributed by atoms with Crippen LogP contribution in [0.3, 0.4) is 0 Å². The molecular weight excluding hydrogens is 328 g/mol. The standard InChI is InChI=1S/C18H12O5S/c19-14(16-8-10-4-1-2-7-15(10)24-16)9-13-11(17(20)21)5-3-6-12(13)18(22)23/h1-8H,9H2,(H,20,21)(H,22,23). The van der Waals surface area contributed by atoms with Crippen LogP contribution in [0.1, 0.15) is 36.0 Å². The molecule has 5 nitrogen and oxygen atoms in total. The number of rotatable bonds is 5. The molecule has 0 aliphatic rings. The van der Waals surface area contributed by atoms with Crippen molar-refractivity contribution in [3.63, 3.8) is 0 Å². The lowest BCUT2D eigenvalue weighted by Crippen LogP contribution is -2.13. The second-order valence-electron chi connectivity index (χ2n) is 5.19. The van der Waals surface area contributed by atoms with Crippen LogP contribution < -0.4 is 0 Å². The molecule has 0 amide bonds. The Bertz CT molecular complexity index is 905. The zero-order valence-corrected chi connectivity index (χ0v) is 13.2. The van der Waals surface area contributed by atoms with Gasteiger partial charge in [0.15, 0.2) is 5.78 Å². The molecule has 0 bridgehead atoms. The van der Waals surface area contributed by atoms with E-state index in [9.17, 15) is 24.6 Å². The highest BCUT2D eigenvalue weighted by molar-refractivity contribution is 7.20. The summed E-state index contributed by atoms with van der Waals surface area (Å²) in [6, 6.07) is 13.2. The highest BCUT2D eigenvalue weighted by Gasteiger charge is 2.21. The van der Waals surface area contributed by atoms with Crippen LogP contribution in [-0.2, 0) is 6.42 Å². The molecule has 120 valence electrons. The van der Waals surface area contributed by atoms with Crippen molar-refractivity contribution in [3.8, 4) is 0 Å². The van der Waals surface area contributed by atoms with E-state index in [0.29, 0.717) is 4.88 Å². The Morgan fingerprint density at radius 2 is 1.50 bits per heavy atom. The number of aromatic carboxylic acids is 2. The summed E-state index contributed by atoms with van der Waals surface area (Å²) in [6.45, 7) is 0. The number of hydrogen-bond acceptors (Lipinski definition) is 4. The smallest absolute Gasteiger partial charge is 0.336 e. The van der Waals surface area contributed by atoms with Crippen LogP contribution in [0, 0.1) is 0 Å². The Morgan fingerprint density at radius 3 is 2.08 bits per heavy atom. The van der Waals surface area contributed by atoms with Crippen LogP contribution >= 0.6 is 11.3 Å². The molecule has 1 aromatic heterocycles. The molecule has 0 aliphatic heterocycles. The van der Waals surface area contributed by atoms with E-state index in [0.717, 1.165) is 10.1 Å². The van der Waals surface area contributed by atoms with E-state index in [4.69, 9.17) is 0 Å². The van der Waals surface area contributed by atoms with E-state index in [1.807, 2.05) is 24.3 Å². The van der Waals surface area contributed by atoms with E-state index >= 15 is 0 Å². The van der Waals surface area contributed by atoms with Crippen LogP contribution in [0.25, 0.3) is 10.1 Å². The minimum Gasteiger partial charge on any atom is -0.478 e. The van der Waals surface area contributed by atoms with Gasteiger partial charge in [-0.2, -0.15) is 0 Å². The van der Waals surface area contributed by atoms with E-state index < -0.39 is 11.9 Å². The number of thiophene rings is 1. The minimum atomic E-state index is -1.25. The molecule has 2 N–H and O–H groups in total. The number of carbonyl (C=O) groups excluding carboxylic acids is 1. The van der Waals surface area contributed by atoms with Crippen LogP contribution in [0.5, 0.6) is 0 Å². The van der Waals surface area contributed by atoms with Gasteiger partial charge in [0.2, 0.25) is 0 Å². The lowest BCUT2D eigenvalue weighted by atomic mass is 9.96. The van der Waals surface area contributed by atoms with Gasteiger partial charge in [-0.05, 0) is 35.2 Å². The predicted octanol–water partition coefficient (Wildman–Crippen LogP) is 3.72. The minimum absolute atomic E-state index is 0.0277. The molecule has 0 saturated heterocycles. The van der Waals surface area contributed by atoms with Crippen molar-refractivity contribution in [1.29, 1.82) is 0 Å². The van der Waals surface area contributed by atoms with Crippen molar-refractivity contribution in [2.75, 3.05) is 0 Å². The first-order valence-corrected chi connectivity index (χ1v) is 7.89. The SMILES string of the molecule is O=C(Cc1c(C(=O)O)cccc1C(=O)O)c1cc2ccccc2s1. The van der Waals surface area contributed by atoms with E-state index in [2.05, 4.69) is 0 Å². The lowest BCUT2D eigenvalue weighted by Gasteiger charge is -2.08. The Morgan fingerprint density at radius 1 is 0.875 bits per heavy atom. The third-order valence-corrected chi connectivity index (χ3v) is 4.83. The summed E-state index contributed by atoms with van der Waals surface area (Å²) in [4.78, 5) is 35.7. The summed E-state index contributed by atoms with van der Waals surface area (Å²) >= 11 is 1.31. The van der Waals surface area contributed by atoms with Crippen LogP contribution in [-0.4, -0.2) is 27.9 Å². The van der Waals surface area contributed by atoms with Crippen molar-refractivity contribution in [3.05, 3.63) is 70.1 Å². The number of ketones is 1. The maximum absolute atomic E-state index is 12.6. The topological polar surface area (TPSA) is 91.7 Å². The molecular formula is C18H12O5S. The van der Waals surface area contributed by atoms with E-state index in [1.54, 1.807) is 6.07 Å². The van der Waals surface area contributed by atoms with Gasteiger partial charge in [0.25, 0.3) is 0 Å². The molecule has 3 aromatic rings. The lowest BCUT2D eigenvalue weighted by molar-refractivity contribution is 0.0696. The molecule has 6 heteroatoms. The van der Waals surface area contributed by atoms with E-state index in [1.165, 1.54) is 29.5 Å². The fourth-order valence-electron chi connectivity index (χ4n) is 2.54. The largest absolute Gasteiger partial charge is 0.478 e. The Balaban J connectivity index is 2.02. The van der Waals surface area contributed by atoms with Gasteiger partial charge < -0.3 is 10.2 Å². The molecule has 1 heterocycles. The number of benzene rings is 2. The Kier molecular flexibility index (Phi) is 4.14. The molecule has 2 aromatic carbocycles. The quantitative estimate of drug-likeness (QED) is 0.691. The van der Waals surface area contributed by atoms with Gasteiger partial charge >= 0.3 is 11.9 Å². The molecule has 0 fully saturated rings. The number of carboxylic acid groups (broad SMARTS) is 2. The molecule has 0 saturated carbocycles. The van der Waals surface area contributed by atoms with Crippen molar-refractivity contribution < 1.29 is 24.6 Å². The van der Waals surface area contributed by atoms with Crippen LogP contribution in [0.4, 0.5) is 0 Å². The fourth-order valence-corrected chi connectivity index (χ4v) is 3.55. The van der Waals surface area contributed by atoms with Crippen molar-refractivity contribution in [2.45, 2.75) is 6.42 Å². The first kappa shape index (κ1) is 15.9. The van der Waals surface area contributed by atoms with Crippen molar-refractivity contribution in [2.24, 2.45) is 0 Å². The average molecular weight is 340 g/mol. The van der Waals surface area contributed by atoms with Crippen LogP contribution in [0.2, 0.25) is 0 Å². The molecule has 24 heavy (non-hydrogen) atoms. The molecule has 0 radical (unpaired) electrons. The molecule has 0 spiro atoms. The van der Waals surface area contributed by atoms with Gasteiger partial charge in [0.1, 0.15) is 0 Å². The highest BCUT2D eigenvalue weighted by Crippen LogP contribution is 2.27. The average Bonchev–Trinajstić information content (AvgIpc) is 2.98. The normalized spacial score (nSPS) is 10.7. The predicted molar refractivity (Wildman–Crippen MR) is 90.2 cm³/mol. The number of Topliss-reactive ketones (excluding diaryl/α,β-unsaturated/α-hetero) is 1. The number of hydrogen-bond donors (Lipinski definition) is 2. The van der Waals surface area contributed by atoms with Gasteiger partial charge in [0, 0.05) is 11.1 Å². The van der Waals surface area contributed by atoms with Gasteiger partial charge in [-0.15, -0.1) is 11.3 Å². The number of carboxylic acids is 2. The third-order valence-electron chi connectivity index (χ3n) is 3.67. The number of fused-ring (bicyclic) bond motifs is 1. The van der Waals surface area contributed by atoms with Gasteiger partial charge in [-0.25, -0.2) is 9.59 Å². The second-order valence-corrected chi connectivity index (χ2v) is 6.27.